The van der Waals surface area contributed by atoms with E-state index in [2.05, 4.69) is 17.2 Å². The van der Waals surface area contributed by atoms with Gasteiger partial charge in [0, 0.05) is 19.0 Å². The molecule has 0 radical (unpaired) electrons. The zero-order valence-corrected chi connectivity index (χ0v) is 16.9. The average molecular weight is 397 g/mol. The van der Waals surface area contributed by atoms with Gasteiger partial charge in [-0.25, -0.2) is 9.78 Å². The summed E-state index contributed by atoms with van der Waals surface area (Å²) in [4.78, 5) is 42.1. The molecule has 154 valence electrons. The summed E-state index contributed by atoms with van der Waals surface area (Å²) in [5.41, 5.74) is 0.709. The van der Waals surface area contributed by atoms with Crippen LogP contribution in [0, 0.1) is 5.92 Å². The lowest BCUT2D eigenvalue weighted by atomic mass is 9.86. The number of benzene rings is 1. The zero-order valence-electron chi connectivity index (χ0n) is 16.9. The van der Waals surface area contributed by atoms with Crippen LogP contribution in [0.2, 0.25) is 0 Å². The van der Waals surface area contributed by atoms with Gasteiger partial charge in [-0.05, 0) is 50.3 Å². The van der Waals surface area contributed by atoms with Crippen LogP contribution >= 0.6 is 0 Å². The molecule has 2 aliphatic rings. The van der Waals surface area contributed by atoms with Crippen molar-refractivity contribution in [1.82, 2.24) is 14.9 Å². The van der Waals surface area contributed by atoms with E-state index in [-0.39, 0.29) is 23.1 Å². The van der Waals surface area contributed by atoms with Crippen LogP contribution < -0.4 is 10.9 Å². The lowest BCUT2D eigenvalue weighted by molar-refractivity contribution is -0.130. The van der Waals surface area contributed by atoms with Crippen LogP contribution in [0.4, 0.5) is 0 Å². The maximum atomic E-state index is 12.6. The molecule has 3 atom stereocenters. The monoisotopic (exact) mass is 397 g/mol. The normalized spacial score (nSPS) is 22.1. The predicted octanol–water partition coefficient (Wildman–Crippen LogP) is 2.58. The minimum atomic E-state index is -0.883. The number of aromatic nitrogens is 2. The summed E-state index contributed by atoms with van der Waals surface area (Å²) in [6.45, 7) is 4.41. The van der Waals surface area contributed by atoms with Crippen LogP contribution in [0.5, 0.6) is 0 Å². The number of hydrogen-bond acceptors (Lipinski definition) is 5. The van der Waals surface area contributed by atoms with E-state index in [9.17, 15) is 14.4 Å². The van der Waals surface area contributed by atoms with Gasteiger partial charge in [-0.15, -0.1) is 0 Å². The number of ether oxygens (including phenoxy) is 1. The third kappa shape index (κ3) is 3.91. The van der Waals surface area contributed by atoms with Gasteiger partial charge < -0.3 is 10.1 Å². The van der Waals surface area contributed by atoms with Gasteiger partial charge in [-0.1, -0.05) is 19.8 Å². The zero-order chi connectivity index (χ0) is 20.5. The Labute approximate surface area is 169 Å². The molecule has 1 aromatic carbocycles. The largest absolute Gasteiger partial charge is 0.449 e. The molecular formula is C22H27N3O4. The number of esters is 1. The Bertz CT molecular complexity index is 1010. The number of carbonyl (C=O) groups is 2. The molecule has 1 saturated carbocycles. The van der Waals surface area contributed by atoms with Crippen molar-refractivity contribution < 1.29 is 14.3 Å². The summed E-state index contributed by atoms with van der Waals surface area (Å²) in [5.74, 6) is 0.325. The molecule has 4 rings (SSSR count). The van der Waals surface area contributed by atoms with Crippen LogP contribution in [0.1, 0.15) is 62.1 Å². The first-order chi connectivity index (χ1) is 13.9. The molecule has 1 aliphatic carbocycles. The topological polar surface area (TPSA) is 90.3 Å². The highest BCUT2D eigenvalue weighted by atomic mass is 16.5. The Balaban J connectivity index is 1.46. The highest BCUT2D eigenvalue weighted by Crippen LogP contribution is 2.24. The number of nitrogens with one attached hydrogen (secondary N) is 1. The quantitative estimate of drug-likeness (QED) is 0.801. The number of nitrogens with zero attached hydrogens (tertiary/aromatic N) is 2. The third-order valence-electron chi connectivity index (χ3n) is 6.14. The van der Waals surface area contributed by atoms with Crippen molar-refractivity contribution in [1.29, 1.82) is 0 Å². The molecule has 0 bridgehead atoms. The van der Waals surface area contributed by atoms with Crippen molar-refractivity contribution in [3.05, 3.63) is 39.9 Å². The van der Waals surface area contributed by atoms with E-state index in [0.717, 1.165) is 37.9 Å². The lowest BCUT2D eigenvalue weighted by Crippen LogP contribution is -2.45. The van der Waals surface area contributed by atoms with E-state index < -0.39 is 12.1 Å². The van der Waals surface area contributed by atoms with E-state index in [1.165, 1.54) is 6.42 Å². The van der Waals surface area contributed by atoms with E-state index in [1.807, 2.05) is 0 Å². The smallest absolute Gasteiger partial charge is 0.338 e. The molecule has 7 heteroatoms. The third-order valence-corrected chi connectivity index (χ3v) is 6.14. The summed E-state index contributed by atoms with van der Waals surface area (Å²) < 4.78 is 7.08. The van der Waals surface area contributed by atoms with Gasteiger partial charge >= 0.3 is 5.97 Å². The van der Waals surface area contributed by atoms with Crippen molar-refractivity contribution in [3.63, 3.8) is 0 Å². The van der Waals surface area contributed by atoms with Gasteiger partial charge in [0.05, 0.1) is 16.5 Å². The summed E-state index contributed by atoms with van der Waals surface area (Å²) in [6.07, 6.45) is 5.15. The summed E-state index contributed by atoms with van der Waals surface area (Å²) in [6, 6.07) is 4.88. The minimum Gasteiger partial charge on any atom is -0.449 e. The second-order valence-electron chi connectivity index (χ2n) is 8.24. The number of fused-ring (bicyclic) bond motifs is 2. The fraction of sp³-hybridized carbons (Fsp3) is 0.545. The highest BCUT2D eigenvalue weighted by molar-refractivity contribution is 5.95. The Morgan fingerprint density at radius 2 is 2.03 bits per heavy atom. The Morgan fingerprint density at radius 3 is 2.83 bits per heavy atom. The second-order valence-corrected chi connectivity index (χ2v) is 8.24. The summed E-state index contributed by atoms with van der Waals surface area (Å²) in [7, 11) is 0. The average Bonchev–Trinajstić information content (AvgIpc) is 3.18. The predicted molar refractivity (Wildman–Crippen MR) is 109 cm³/mol. The Morgan fingerprint density at radius 1 is 1.24 bits per heavy atom. The molecule has 29 heavy (non-hydrogen) atoms. The van der Waals surface area contributed by atoms with E-state index in [4.69, 9.17) is 4.74 Å². The molecule has 1 aliphatic heterocycles. The second kappa shape index (κ2) is 7.97. The van der Waals surface area contributed by atoms with Crippen LogP contribution in [-0.4, -0.2) is 33.6 Å². The van der Waals surface area contributed by atoms with Crippen LogP contribution in [0.15, 0.2) is 23.0 Å². The maximum absolute atomic E-state index is 12.6. The van der Waals surface area contributed by atoms with Crippen LogP contribution in [0.25, 0.3) is 10.9 Å². The van der Waals surface area contributed by atoms with Gasteiger partial charge in [0.15, 0.2) is 6.10 Å². The molecule has 1 fully saturated rings. The molecule has 1 aromatic heterocycles. The van der Waals surface area contributed by atoms with Gasteiger partial charge in [-0.2, -0.15) is 0 Å². The van der Waals surface area contributed by atoms with Crippen molar-refractivity contribution in [2.24, 2.45) is 5.92 Å². The summed E-state index contributed by atoms with van der Waals surface area (Å²) >= 11 is 0. The first kappa shape index (κ1) is 19.6. The van der Waals surface area contributed by atoms with Crippen molar-refractivity contribution >= 4 is 22.8 Å². The van der Waals surface area contributed by atoms with Gasteiger partial charge in [0.2, 0.25) is 0 Å². The number of rotatable bonds is 4. The number of aryl methyl sites for hydroxylation is 1. The molecular weight excluding hydrogens is 370 g/mol. The van der Waals surface area contributed by atoms with Gasteiger partial charge in [0.25, 0.3) is 11.5 Å². The molecule has 1 amide bonds. The fourth-order valence-electron chi connectivity index (χ4n) is 4.32. The molecule has 7 nitrogen and oxygen atoms in total. The van der Waals surface area contributed by atoms with Crippen molar-refractivity contribution in [3.8, 4) is 0 Å². The van der Waals surface area contributed by atoms with Gasteiger partial charge in [-0.3, -0.25) is 14.2 Å². The molecule has 2 heterocycles. The van der Waals surface area contributed by atoms with Crippen LogP contribution in [-0.2, 0) is 22.5 Å². The minimum absolute atomic E-state index is 0.0724. The van der Waals surface area contributed by atoms with E-state index >= 15 is 0 Å². The van der Waals surface area contributed by atoms with Gasteiger partial charge in [0.1, 0.15) is 5.82 Å². The number of carbonyl (C=O) groups excluding carboxylic acids is 2. The van der Waals surface area contributed by atoms with E-state index in [1.54, 1.807) is 29.7 Å². The lowest BCUT2D eigenvalue weighted by Gasteiger charge is -2.30. The molecule has 0 saturated heterocycles. The maximum Gasteiger partial charge on any atom is 0.338 e. The highest BCUT2D eigenvalue weighted by Gasteiger charge is 2.27. The standard InChI is InChI=1S/C22H27N3O4/c1-13-6-3-4-7-17(13)24-20(26)14(2)29-22(28)15-9-10-16-18(12-15)23-19-8-5-11-25(19)21(16)27/h9-10,12-14,17H,3-8,11H2,1-2H3,(H,24,26)/t13-,14+,17-/m0/s1. The van der Waals surface area contributed by atoms with Crippen LogP contribution in [0.3, 0.4) is 0 Å². The van der Waals surface area contributed by atoms with E-state index in [0.29, 0.717) is 23.4 Å². The fourth-order valence-corrected chi connectivity index (χ4v) is 4.32. The molecule has 1 N–H and O–H groups in total. The SMILES string of the molecule is C[C@@H](OC(=O)c1ccc2c(=O)n3c(nc2c1)CCC3)C(=O)N[C@H]1CCCC[C@@H]1C. The Kier molecular flexibility index (Phi) is 5.39. The Hall–Kier alpha value is -2.70. The molecule has 0 spiro atoms. The number of hydrogen-bond donors (Lipinski definition) is 1. The number of amides is 1. The first-order valence-corrected chi connectivity index (χ1v) is 10.5. The first-order valence-electron chi connectivity index (χ1n) is 10.5. The molecule has 0 unspecified atom stereocenters. The molecule has 2 aromatic rings. The summed E-state index contributed by atoms with van der Waals surface area (Å²) in [5, 5.41) is 3.51. The van der Waals surface area contributed by atoms with Crippen molar-refractivity contribution in [2.45, 2.75) is 71.1 Å². The van der Waals surface area contributed by atoms with Crippen molar-refractivity contribution in [2.75, 3.05) is 0 Å².